The molecule has 0 aliphatic carbocycles. The number of para-hydroxylation sites is 1. The van der Waals surface area contributed by atoms with Crippen molar-refractivity contribution >= 4 is 38.5 Å². The maximum atomic E-state index is 12.8. The van der Waals surface area contributed by atoms with E-state index in [1.165, 1.54) is 17.1 Å². The number of benzene rings is 2. The summed E-state index contributed by atoms with van der Waals surface area (Å²) in [7, 11) is -3.88. The number of hydrogen-bond donors (Lipinski definition) is 1. The largest absolute Gasteiger partial charge is 0.266 e. The zero-order chi connectivity index (χ0) is 18.9. The Kier molecular flexibility index (Phi) is 4.51. The summed E-state index contributed by atoms with van der Waals surface area (Å²) in [6, 6.07) is 15.9. The first-order valence-electron chi connectivity index (χ1n) is 8.02. The van der Waals surface area contributed by atoms with E-state index < -0.39 is 10.0 Å². The molecule has 136 valence electrons. The van der Waals surface area contributed by atoms with Crippen LogP contribution in [0, 0.1) is 0 Å². The van der Waals surface area contributed by atoms with E-state index in [-0.39, 0.29) is 10.8 Å². The van der Waals surface area contributed by atoms with Gasteiger partial charge >= 0.3 is 0 Å². The van der Waals surface area contributed by atoms with Gasteiger partial charge < -0.3 is 0 Å². The second kappa shape index (κ2) is 6.98. The van der Waals surface area contributed by atoms with Gasteiger partial charge in [0.25, 0.3) is 16.0 Å². The highest BCUT2D eigenvalue weighted by molar-refractivity contribution is 7.93. The standard InChI is InChI=1S/C18H14ClN5O2S/c19-15-8-2-1-5-14(15)11-24-12-21-18(22-24)23-27(25,26)16-9-3-6-13-7-4-10-20-17(13)16/h1-10,12H,11H2,(H,22,23). The average molecular weight is 400 g/mol. The first-order valence-corrected chi connectivity index (χ1v) is 9.88. The number of hydrogen-bond acceptors (Lipinski definition) is 5. The molecule has 4 aromatic rings. The van der Waals surface area contributed by atoms with E-state index in [9.17, 15) is 8.42 Å². The van der Waals surface area contributed by atoms with Gasteiger partial charge in [0.05, 0.1) is 12.1 Å². The van der Waals surface area contributed by atoms with Crippen molar-refractivity contribution in [1.82, 2.24) is 19.7 Å². The topological polar surface area (TPSA) is 89.8 Å². The monoisotopic (exact) mass is 399 g/mol. The molecule has 0 aliphatic heterocycles. The van der Waals surface area contributed by atoms with Crippen LogP contribution < -0.4 is 4.72 Å². The molecule has 0 unspecified atom stereocenters. The van der Waals surface area contributed by atoms with Gasteiger partial charge in [0.2, 0.25) is 0 Å². The Hall–Kier alpha value is -2.97. The molecule has 9 heteroatoms. The van der Waals surface area contributed by atoms with Gasteiger partial charge in [-0.25, -0.2) is 17.8 Å². The number of anilines is 1. The third kappa shape index (κ3) is 3.62. The Morgan fingerprint density at radius 2 is 1.81 bits per heavy atom. The molecule has 0 aliphatic rings. The molecule has 0 saturated heterocycles. The van der Waals surface area contributed by atoms with Crippen LogP contribution in [0.3, 0.4) is 0 Å². The van der Waals surface area contributed by atoms with Gasteiger partial charge in [0.1, 0.15) is 11.2 Å². The van der Waals surface area contributed by atoms with Crippen LogP contribution in [0.25, 0.3) is 10.9 Å². The number of nitrogens with one attached hydrogen (secondary N) is 1. The lowest BCUT2D eigenvalue weighted by Gasteiger charge is -2.07. The molecule has 4 rings (SSSR count). The molecular formula is C18H14ClN5O2S. The van der Waals surface area contributed by atoms with E-state index >= 15 is 0 Å². The zero-order valence-electron chi connectivity index (χ0n) is 13.9. The molecule has 2 heterocycles. The minimum absolute atomic E-state index is 0.0185. The highest BCUT2D eigenvalue weighted by Crippen LogP contribution is 2.22. The number of pyridine rings is 1. The molecule has 2 aromatic carbocycles. The molecule has 0 atom stereocenters. The highest BCUT2D eigenvalue weighted by atomic mass is 35.5. The van der Waals surface area contributed by atoms with Crippen molar-refractivity contribution in [2.75, 3.05) is 4.72 Å². The Bertz CT molecular complexity index is 1220. The maximum absolute atomic E-state index is 12.8. The van der Waals surface area contributed by atoms with Crippen LogP contribution in [0.2, 0.25) is 5.02 Å². The van der Waals surface area contributed by atoms with Crippen LogP contribution in [-0.2, 0) is 16.6 Å². The SMILES string of the molecule is O=S(=O)(Nc1ncn(Cc2ccccc2Cl)n1)c1cccc2cccnc12. The van der Waals surface area contributed by atoms with Gasteiger partial charge in [-0.15, -0.1) is 5.10 Å². The number of fused-ring (bicyclic) bond motifs is 1. The molecule has 7 nitrogen and oxygen atoms in total. The Balaban J connectivity index is 1.60. The van der Waals surface area contributed by atoms with Crippen LogP contribution in [0.4, 0.5) is 5.95 Å². The molecule has 0 fully saturated rings. The lowest BCUT2D eigenvalue weighted by Crippen LogP contribution is -2.15. The molecule has 0 bridgehead atoms. The predicted octanol–water partition coefficient (Wildman–Crippen LogP) is 3.33. The minimum Gasteiger partial charge on any atom is -0.255 e. The summed E-state index contributed by atoms with van der Waals surface area (Å²) in [5.41, 5.74) is 1.25. The van der Waals surface area contributed by atoms with Crippen LogP contribution >= 0.6 is 11.6 Å². The minimum atomic E-state index is -3.88. The van der Waals surface area contributed by atoms with E-state index in [1.807, 2.05) is 18.2 Å². The second-order valence-electron chi connectivity index (χ2n) is 5.79. The van der Waals surface area contributed by atoms with Crippen molar-refractivity contribution in [3.8, 4) is 0 Å². The van der Waals surface area contributed by atoms with Crippen molar-refractivity contribution in [1.29, 1.82) is 0 Å². The summed E-state index contributed by atoms with van der Waals surface area (Å²) in [6.07, 6.45) is 3.00. The third-order valence-corrected chi connectivity index (χ3v) is 5.67. The lowest BCUT2D eigenvalue weighted by molar-refractivity contribution is 0.601. The predicted molar refractivity (Wildman–Crippen MR) is 103 cm³/mol. The van der Waals surface area contributed by atoms with Crippen LogP contribution in [0.15, 0.2) is 72.0 Å². The van der Waals surface area contributed by atoms with Crippen molar-refractivity contribution in [2.24, 2.45) is 0 Å². The van der Waals surface area contributed by atoms with Crippen LogP contribution in [0.5, 0.6) is 0 Å². The molecule has 0 saturated carbocycles. The maximum Gasteiger partial charge on any atom is 0.266 e. The van der Waals surface area contributed by atoms with Crippen molar-refractivity contribution in [2.45, 2.75) is 11.4 Å². The molecular weight excluding hydrogens is 386 g/mol. The summed E-state index contributed by atoms with van der Waals surface area (Å²) in [5.74, 6) is -0.0185. The van der Waals surface area contributed by atoms with Gasteiger partial charge in [0.15, 0.2) is 0 Å². The number of nitrogens with zero attached hydrogens (tertiary/aromatic N) is 4. The van der Waals surface area contributed by atoms with Gasteiger partial charge in [-0.05, 0) is 23.8 Å². The van der Waals surface area contributed by atoms with Gasteiger partial charge in [-0.3, -0.25) is 4.98 Å². The first kappa shape index (κ1) is 17.4. The zero-order valence-corrected chi connectivity index (χ0v) is 15.5. The van der Waals surface area contributed by atoms with E-state index in [1.54, 1.807) is 36.5 Å². The fourth-order valence-electron chi connectivity index (χ4n) is 2.69. The van der Waals surface area contributed by atoms with Gasteiger partial charge in [-0.1, -0.05) is 48.0 Å². The summed E-state index contributed by atoms with van der Waals surface area (Å²) >= 11 is 6.14. The third-order valence-electron chi connectivity index (χ3n) is 3.94. The van der Waals surface area contributed by atoms with Gasteiger partial charge in [0, 0.05) is 16.6 Å². The normalized spacial score (nSPS) is 11.6. The molecule has 0 radical (unpaired) electrons. The van der Waals surface area contributed by atoms with Crippen LogP contribution in [0.1, 0.15) is 5.56 Å². The Labute approximate surface area is 160 Å². The smallest absolute Gasteiger partial charge is 0.255 e. The molecule has 0 spiro atoms. The second-order valence-corrected chi connectivity index (χ2v) is 7.85. The lowest BCUT2D eigenvalue weighted by atomic mass is 10.2. The van der Waals surface area contributed by atoms with Gasteiger partial charge in [-0.2, -0.15) is 4.98 Å². The quantitative estimate of drug-likeness (QED) is 0.556. The van der Waals surface area contributed by atoms with Crippen LogP contribution in [-0.4, -0.2) is 28.2 Å². The Morgan fingerprint density at radius 1 is 1.00 bits per heavy atom. The van der Waals surface area contributed by atoms with E-state index in [4.69, 9.17) is 11.6 Å². The summed E-state index contributed by atoms with van der Waals surface area (Å²) < 4.78 is 29.5. The first-order chi connectivity index (χ1) is 13.0. The highest BCUT2D eigenvalue weighted by Gasteiger charge is 2.20. The average Bonchev–Trinajstić information content (AvgIpc) is 3.09. The summed E-state index contributed by atoms with van der Waals surface area (Å²) in [5, 5.41) is 5.52. The number of aromatic nitrogens is 4. The fourth-order valence-corrected chi connectivity index (χ4v) is 4.01. The Morgan fingerprint density at radius 3 is 2.67 bits per heavy atom. The molecule has 1 N–H and O–H groups in total. The van der Waals surface area contributed by atoms with E-state index in [0.717, 1.165) is 10.9 Å². The van der Waals surface area contributed by atoms with Crippen molar-refractivity contribution < 1.29 is 8.42 Å². The van der Waals surface area contributed by atoms with E-state index in [0.29, 0.717) is 17.1 Å². The number of sulfonamides is 1. The van der Waals surface area contributed by atoms with E-state index in [2.05, 4.69) is 19.8 Å². The summed E-state index contributed by atoms with van der Waals surface area (Å²) in [6.45, 7) is 0.379. The summed E-state index contributed by atoms with van der Waals surface area (Å²) in [4.78, 5) is 8.28. The number of halogens is 1. The molecule has 0 amide bonds. The van der Waals surface area contributed by atoms with Crippen molar-refractivity contribution in [3.05, 3.63) is 77.7 Å². The number of rotatable bonds is 5. The van der Waals surface area contributed by atoms with Crippen molar-refractivity contribution in [3.63, 3.8) is 0 Å². The molecule has 27 heavy (non-hydrogen) atoms. The fraction of sp³-hybridized carbons (Fsp3) is 0.0556. The molecule has 2 aromatic heterocycles.